The molecule has 2 N–H and O–H groups in total. The first-order valence-corrected chi connectivity index (χ1v) is 25.6. The predicted molar refractivity (Wildman–Crippen MR) is 277 cm³/mol. The number of benzene rings is 6. The van der Waals surface area contributed by atoms with Gasteiger partial charge in [0.05, 0.1) is 16.4 Å². The fourth-order valence-electron chi connectivity index (χ4n) is 14.8. The third-order valence-electron chi connectivity index (χ3n) is 18.4. The van der Waals surface area contributed by atoms with E-state index in [1.54, 1.807) is 14.1 Å². The van der Waals surface area contributed by atoms with Gasteiger partial charge in [-0.05, 0) is 132 Å². The van der Waals surface area contributed by atoms with Crippen molar-refractivity contribution in [3.8, 4) is 0 Å². The zero-order valence-electron chi connectivity index (χ0n) is 41.4. The Morgan fingerprint density at radius 1 is 0.543 bits per heavy atom. The van der Waals surface area contributed by atoms with Crippen LogP contribution in [-0.2, 0) is 47.5 Å². The van der Waals surface area contributed by atoms with E-state index in [1.165, 1.54) is 49.4 Å². The second-order valence-corrected chi connectivity index (χ2v) is 22.0. The van der Waals surface area contributed by atoms with Gasteiger partial charge in [-0.25, -0.2) is 0 Å². The molecule has 0 saturated carbocycles. The van der Waals surface area contributed by atoms with Crippen molar-refractivity contribution in [3.63, 3.8) is 0 Å². The van der Waals surface area contributed by atoms with Crippen LogP contribution in [-0.4, -0.2) is 85.8 Å². The summed E-state index contributed by atoms with van der Waals surface area (Å²) in [5.74, 6) is -0.130. The van der Waals surface area contributed by atoms with Crippen molar-refractivity contribution in [1.82, 2.24) is 20.4 Å². The molecule has 4 amide bonds. The zero-order valence-corrected chi connectivity index (χ0v) is 41.4. The van der Waals surface area contributed by atoms with Crippen LogP contribution < -0.4 is 20.4 Å². The standard InChI is InChI=1S/C60H64N6O4/c1-57(35-50(67)61-5)44-19-7-9-22-48(44)65(55(57)69)39-26-30-63(31-27-39)59(3)34-38-16-12-17-41-42(24-25-46(59)53(38)41)54-43-18-11-14-37-15-13-21-47(52(37)43)60(54,4)64-32-28-40(29-33-64)66-49-23-10-8-20-45(49)58(2,56(66)70)36-51(68)62-6/h7-25,39-40,54H,26-36H2,1-6H3,(H,61,67)(H,62,68). The third-order valence-corrected chi connectivity index (χ3v) is 18.4. The van der Waals surface area contributed by atoms with Gasteiger partial charge < -0.3 is 20.4 Å². The van der Waals surface area contributed by atoms with Crippen LogP contribution in [0.1, 0.15) is 111 Å². The van der Waals surface area contributed by atoms with Crippen molar-refractivity contribution in [1.29, 1.82) is 0 Å². The van der Waals surface area contributed by atoms with Crippen LogP contribution in [0.25, 0.3) is 21.5 Å². The lowest BCUT2D eigenvalue weighted by Gasteiger charge is -2.49. The van der Waals surface area contributed by atoms with E-state index in [-0.39, 0.29) is 65.5 Å². The van der Waals surface area contributed by atoms with E-state index in [9.17, 15) is 19.2 Å². The van der Waals surface area contributed by atoms with Crippen molar-refractivity contribution >= 4 is 56.5 Å². The lowest BCUT2D eigenvalue weighted by Crippen LogP contribution is -2.55. The molecule has 0 radical (unpaired) electrons. The minimum Gasteiger partial charge on any atom is -0.359 e. The molecule has 0 spiro atoms. The maximum Gasteiger partial charge on any atom is 0.238 e. The van der Waals surface area contributed by atoms with E-state index >= 15 is 0 Å². The number of carbonyl (C=O) groups excluding carboxylic acids is 4. The molecule has 4 heterocycles. The number of nitrogens with zero attached hydrogens (tertiary/aromatic N) is 4. The van der Waals surface area contributed by atoms with Crippen LogP contribution in [0.4, 0.5) is 11.4 Å². The molecule has 10 heteroatoms. The first-order valence-electron chi connectivity index (χ1n) is 25.6. The topological polar surface area (TPSA) is 105 Å². The molecule has 2 saturated heterocycles. The van der Waals surface area contributed by atoms with E-state index in [4.69, 9.17) is 0 Å². The number of fused-ring (bicyclic) bond motifs is 2. The lowest BCUT2D eigenvalue weighted by atomic mass is 9.74. The van der Waals surface area contributed by atoms with E-state index in [2.05, 4.69) is 113 Å². The highest BCUT2D eigenvalue weighted by atomic mass is 16.2. The number of para-hydroxylation sites is 2. The highest BCUT2D eigenvalue weighted by molar-refractivity contribution is 6.11. The van der Waals surface area contributed by atoms with Gasteiger partial charge in [-0.3, -0.25) is 29.0 Å². The molecule has 10 nitrogen and oxygen atoms in total. The molecule has 5 unspecified atom stereocenters. The maximum absolute atomic E-state index is 14.6. The quantitative estimate of drug-likeness (QED) is 0.150. The predicted octanol–water partition coefficient (Wildman–Crippen LogP) is 8.94. The minimum atomic E-state index is -0.908. The average Bonchev–Trinajstić information content (AvgIpc) is 3.99. The minimum absolute atomic E-state index is 0.0247. The Hall–Kier alpha value is -6.36. The SMILES string of the molecule is CNC(=O)CC1(C)C(=O)N(C2CCN(C3(C)Cc4cccc5c(C6c7cccc8cccc(c78)C6(C)N6CCC(N7C(=O)C(C)(CC(=O)NC)c8ccccc87)CC6)ccc3c45)CC2)c2ccccc21. The van der Waals surface area contributed by atoms with Crippen LogP contribution in [0.2, 0.25) is 0 Å². The van der Waals surface area contributed by atoms with Gasteiger partial charge in [0.1, 0.15) is 0 Å². The molecule has 0 bridgehead atoms. The summed E-state index contributed by atoms with van der Waals surface area (Å²) in [7, 11) is 3.28. The molecule has 0 aromatic heterocycles. The van der Waals surface area contributed by atoms with Crippen molar-refractivity contribution < 1.29 is 19.2 Å². The van der Waals surface area contributed by atoms with Gasteiger partial charge in [0.25, 0.3) is 0 Å². The highest BCUT2D eigenvalue weighted by Gasteiger charge is 2.55. The smallest absolute Gasteiger partial charge is 0.238 e. The summed E-state index contributed by atoms with van der Waals surface area (Å²) >= 11 is 0. The summed E-state index contributed by atoms with van der Waals surface area (Å²) in [6.07, 6.45) is 4.56. The Balaban J connectivity index is 0.850. The van der Waals surface area contributed by atoms with Crippen LogP contribution in [0.15, 0.2) is 115 Å². The molecular weight excluding hydrogens is 869 g/mol. The van der Waals surface area contributed by atoms with Gasteiger partial charge in [-0.15, -0.1) is 0 Å². The molecule has 6 aliphatic rings. The second kappa shape index (κ2) is 16.1. The van der Waals surface area contributed by atoms with Gasteiger partial charge in [-0.1, -0.05) is 103 Å². The van der Waals surface area contributed by atoms with Gasteiger partial charge in [0.2, 0.25) is 23.6 Å². The Morgan fingerprint density at radius 3 is 1.63 bits per heavy atom. The normalized spacial score (nSPS) is 27.7. The van der Waals surface area contributed by atoms with Crippen molar-refractivity contribution in [2.75, 3.05) is 50.1 Å². The molecule has 358 valence electrons. The van der Waals surface area contributed by atoms with Gasteiger partial charge >= 0.3 is 0 Å². The number of anilines is 2. The highest BCUT2D eigenvalue weighted by Crippen LogP contribution is 2.59. The summed E-state index contributed by atoms with van der Waals surface area (Å²) < 4.78 is 0. The number of hydrogen-bond donors (Lipinski definition) is 2. The van der Waals surface area contributed by atoms with Gasteiger partial charge in [0, 0.05) is 88.0 Å². The third kappa shape index (κ3) is 6.17. The molecular formula is C60H64N6O4. The second-order valence-electron chi connectivity index (χ2n) is 22.0. The fraction of sp³-hybridized carbons (Fsp3) is 0.400. The van der Waals surface area contributed by atoms with E-state index in [0.29, 0.717) is 0 Å². The summed E-state index contributed by atoms with van der Waals surface area (Å²) in [6.45, 7) is 12.2. The van der Waals surface area contributed by atoms with Crippen molar-refractivity contribution in [2.45, 2.75) is 113 Å². The monoisotopic (exact) mass is 932 g/mol. The first-order chi connectivity index (χ1) is 33.8. The largest absolute Gasteiger partial charge is 0.359 e. The summed E-state index contributed by atoms with van der Waals surface area (Å²) in [5, 5.41) is 10.8. The molecule has 70 heavy (non-hydrogen) atoms. The van der Waals surface area contributed by atoms with E-state index in [0.717, 1.165) is 80.8 Å². The first kappa shape index (κ1) is 44.8. The molecule has 4 aliphatic heterocycles. The Morgan fingerprint density at radius 2 is 1.06 bits per heavy atom. The van der Waals surface area contributed by atoms with Crippen LogP contribution in [0, 0.1) is 0 Å². The van der Waals surface area contributed by atoms with Crippen LogP contribution in [0.3, 0.4) is 0 Å². The number of rotatable bonds is 9. The number of hydrogen-bond acceptors (Lipinski definition) is 6. The van der Waals surface area contributed by atoms with E-state index < -0.39 is 10.8 Å². The lowest BCUT2D eigenvalue weighted by molar-refractivity contribution is -0.129. The Bertz CT molecular complexity index is 3180. The van der Waals surface area contributed by atoms with Gasteiger partial charge in [0.15, 0.2) is 0 Å². The number of amides is 4. The molecule has 5 atom stereocenters. The molecule has 2 aliphatic carbocycles. The number of piperidine rings is 2. The van der Waals surface area contributed by atoms with Crippen molar-refractivity contribution in [3.05, 3.63) is 154 Å². The van der Waals surface area contributed by atoms with E-state index in [1.807, 2.05) is 60.0 Å². The van der Waals surface area contributed by atoms with Crippen LogP contribution in [0.5, 0.6) is 0 Å². The summed E-state index contributed by atoms with van der Waals surface area (Å²) in [4.78, 5) is 64.0. The fourth-order valence-corrected chi connectivity index (χ4v) is 14.8. The Kier molecular flexibility index (Phi) is 10.3. The number of carbonyl (C=O) groups is 4. The maximum atomic E-state index is 14.6. The molecule has 6 aromatic carbocycles. The zero-order chi connectivity index (χ0) is 48.5. The molecule has 6 aromatic rings. The summed E-state index contributed by atoms with van der Waals surface area (Å²) in [5.41, 5.74) is 8.29. The summed E-state index contributed by atoms with van der Waals surface area (Å²) in [6, 6.07) is 41.8. The molecule has 2 fully saturated rings. The average molecular weight is 933 g/mol. The van der Waals surface area contributed by atoms with Gasteiger partial charge in [-0.2, -0.15) is 0 Å². The Labute approximate surface area is 411 Å². The molecule has 12 rings (SSSR count). The van der Waals surface area contributed by atoms with Crippen LogP contribution >= 0.6 is 0 Å². The van der Waals surface area contributed by atoms with Crippen molar-refractivity contribution in [2.24, 2.45) is 0 Å². The number of nitrogens with one attached hydrogen (secondary N) is 2. The number of likely N-dealkylation sites (tertiary alicyclic amines) is 2.